The predicted molar refractivity (Wildman–Crippen MR) is 103 cm³/mol. The van der Waals surface area contributed by atoms with Gasteiger partial charge in [0.05, 0.1) is 11.4 Å². The summed E-state index contributed by atoms with van der Waals surface area (Å²) in [7, 11) is -3.67. The number of rotatable bonds is 5. The zero-order chi connectivity index (χ0) is 19.6. The minimum atomic E-state index is -3.67. The summed E-state index contributed by atoms with van der Waals surface area (Å²) in [6, 6.07) is 12.2. The van der Waals surface area contributed by atoms with E-state index in [1.807, 2.05) is 18.2 Å². The van der Waals surface area contributed by atoms with Crippen molar-refractivity contribution in [3.05, 3.63) is 54.6 Å². The van der Waals surface area contributed by atoms with Crippen LogP contribution in [0.25, 0.3) is 11.5 Å². The van der Waals surface area contributed by atoms with E-state index in [2.05, 4.69) is 24.9 Å². The van der Waals surface area contributed by atoms with Gasteiger partial charge in [0.15, 0.2) is 0 Å². The van der Waals surface area contributed by atoms with Crippen molar-refractivity contribution in [2.45, 2.75) is 11.4 Å². The maximum absolute atomic E-state index is 11.4. The molecule has 4 rings (SSSR count). The maximum Gasteiger partial charge on any atom is 0.241 e. The summed E-state index contributed by atoms with van der Waals surface area (Å²) in [5, 5.41) is 9.14. The molecule has 3 aromatic rings. The van der Waals surface area contributed by atoms with E-state index in [1.165, 1.54) is 12.1 Å². The van der Waals surface area contributed by atoms with Crippen molar-refractivity contribution in [1.29, 1.82) is 0 Å². The third kappa shape index (κ3) is 4.19. The van der Waals surface area contributed by atoms with Crippen LogP contribution in [0.1, 0.15) is 5.89 Å². The van der Waals surface area contributed by atoms with Crippen molar-refractivity contribution in [3.63, 3.8) is 0 Å². The number of primary sulfonamides is 1. The van der Waals surface area contributed by atoms with Crippen molar-refractivity contribution in [3.8, 4) is 11.5 Å². The molecule has 2 aromatic heterocycles. The number of pyridine rings is 1. The Morgan fingerprint density at radius 3 is 2.43 bits per heavy atom. The molecule has 0 unspecified atom stereocenters. The average molecular weight is 400 g/mol. The molecule has 0 radical (unpaired) electrons. The molecule has 0 saturated carbocycles. The molecule has 0 atom stereocenters. The first-order valence-electron chi connectivity index (χ1n) is 8.83. The molecule has 3 heterocycles. The molecule has 1 aliphatic heterocycles. The Kier molecular flexibility index (Phi) is 5.07. The monoisotopic (exact) mass is 400 g/mol. The molecule has 10 heteroatoms. The Morgan fingerprint density at radius 1 is 1.04 bits per heavy atom. The number of hydrogen-bond donors (Lipinski definition) is 1. The van der Waals surface area contributed by atoms with Crippen LogP contribution in [-0.2, 0) is 16.6 Å². The first-order chi connectivity index (χ1) is 13.5. The van der Waals surface area contributed by atoms with Crippen molar-refractivity contribution < 1.29 is 12.9 Å². The highest BCUT2D eigenvalue weighted by atomic mass is 32.2. The number of nitrogens with two attached hydrogens (primary N) is 1. The molecular formula is C18H20N6O3S. The smallest absolute Gasteiger partial charge is 0.241 e. The zero-order valence-electron chi connectivity index (χ0n) is 15.1. The Bertz CT molecular complexity index is 1030. The molecule has 1 fully saturated rings. The number of hydrogen-bond acceptors (Lipinski definition) is 8. The summed E-state index contributed by atoms with van der Waals surface area (Å²) in [5.74, 6) is 1.05. The summed E-state index contributed by atoms with van der Waals surface area (Å²) < 4.78 is 28.1. The fraction of sp³-hybridized carbons (Fsp3) is 0.278. The van der Waals surface area contributed by atoms with Gasteiger partial charge >= 0.3 is 0 Å². The van der Waals surface area contributed by atoms with Gasteiger partial charge in [0.2, 0.25) is 21.7 Å². The lowest BCUT2D eigenvalue weighted by molar-refractivity contribution is 0.215. The predicted octanol–water partition coefficient (Wildman–Crippen LogP) is 1.10. The summed E-state index contributed by atoms with van der Waals surface area (Å²) in [5.41, 5.74) is 1.66. The van der Waals surface area contributed by atoms with Gasteiger partial charge in [-0.15, -0.1) is 0 Å². The van der Waals surface area contributed by atoms with Gasteiger partial charge in [-0.1, -0.05) is 11.2 Å². The lowest BCUT2D eigenvalue weighted by atomic mass is 10.2. The fourth-order valence-electron chi connectivity index (χ4n) is 3.12. The minimum absolute atomic E-state index is 0.120. The fourth-order valence-corrected chi connectivity index (χ4v) is 3.64. The largest absolute Gasteiger partial charge is 0.369 e. The molecule has 0 aliphatic carbocycles. The second-order valence-electron chi connectivity index (χ2n) is 6.53. The van der Waals surface area contributed by atoms with Gasteiger partial charge in [-0.25, -0.2) is 13.6 Å². The van der Waals surface area contributed by atoms with E-state index in [4.69, 9.17) is 9.66 Å². The molecule has 9 nitrogen and oxygen atoms in total. The molecule has 28 heavy (non-hydrogen) atoms. The first-order valence-corrected chi connectivity index (χ1v) is 10.4. The molecule has 0 bridgehead atoms. The van der Waals surface area contributed by atoms with E-state index in [9.17, 15) is 8.42 Å². The van der Waals surface area contributed by atoms with Gasteiger partial charge in [-0.05, 0) is 36.4 Å². The molecular weight excluding hydrogens is 380 g/mol. The van der Waals surface area contributed by atoms with Gasteiger partial charge in [0.1, 0.15) is 5.69 Å². The van der Waals surface area contributed by atoms with Crippen LogP contribution >= 0.6 is 0 Å². The van der Waals surface area contributed by atoms with Crippen LogP contribution in [0.5, 0.6) is 0 Å². The van der Waals surface area contributed by atoms with Crippen LogP contribution < -0.4 is 10.0 Å². The highest BCUT2D eigenvalue weighted by Crippen LogP contribution is 2.20. The average Bonchev–Trinajstić information content (AvgIpc) is 3.17. The van der Waals surface area contributed by atoms with Gasteiger partial charge in [0.25, 0.3) is 0 Å². The van der Waals surface area contributed by atoms with Crippen LogP contribution in [0.15, 0.2) is 58.1 Å². The maximum atomic E-state index is 11.4. The van der Waals surface area contributed by atoms with Crippen molar-refractivity contribution in [1.82, 2.24) is 20.0 Å². The van der Waals surface area contributed by atoms with E-state index in [0.29, 0.717) is 24.0 Å². The van der Waals surface area contributed by atoms with Crippen LogP contribution in [0, 0.1) is 0 Å². The van der Waals surface area contributed by atoms with Crippen molar-refractivity contribution in [2.24, 2.45) is 5.14 Å². The normalized spacial score (nSPS) is 15.7. The third-order valence-electron chi connectivity index (χ3n) is 4.62. The Morgan fingerprint density at radius 2 is 1.79 bits per heavy atom. The minimum Gasteiger partial charge on any atom is -0.369 e. The zero-order valence-corrected chi connectivity index (χ0v) is 15.9. The quantitative estimate of drug-likeness (QED) is 0.676. The standard InChI is InChI=1S/C18H20N6O3S/c19-28(25,26)15-6-4-14(5-7-15)24-11-9-23(10-12-24)13-17-21-18(22-27-17)16-3-1-2-8-20-16/h1-8H,9-13H2,(H2,19,25,26). The lowest BCUT2D eigenvalue weighted by Gasteiger charge is -2.35. The van der Waals surface area contributed by atoms with Crippen molar-refractivity contribution >= 4 is 15.7 Å². The molecule has 1 aromatic carbocycles. The summed E-state index contributed by atoms with van der Waals surface area (Å²) in [6.45, 7) is 3.88. The third-order valence-corrected chi connectivity index (χ3v) is 5.55. The van der Waals surface area contributed by atoms with Crippen LogP contribution in [-0.4, -0.2) is 54.6 Å². The summed E-state index contributed by atoms with van der Waals surface area (Å²) in [6.07, 6.45) is 1.69. The van der Waals surface area contributed by atoms with E-state index >= 15 is 0 Å². The van der Waals surface area contributed by atoms with E-state index in [1.54, 1.807) is 18.3 Å². The highest BCUT2D eigenvalue weighted by Gasteiger charge is 2.20. The molecule has 0 spiro atoms. The van der Waals surface area contributed by atoms with Crippen LogP contribution in [0.3, 0.4) is 0 Å². The number of anilines is 1. The molecule has 1 saturated heterocycles. The van der Waals surface area contributed by atoms with Crippen molar-refractivity contribution in [2.75, 3.05) is 31.1 Å². The second kappa shape index (κ2) is 7.66. The summed E-state index contributed by atoms with van der Waals surface area (Å²) >= 11 is 0. The van der Waals surface area contributed by atoms with Gasteiger partial charge < -0.3 is 9.42 Å². The Labute approximate surface area is 162 Å². The molecule has 1 aliphatic rings. The Hall–Kier alpha value is -2.82. The SMILES string of the molecule is NS(=O)(=O)c1ccc(N2CCN(Cc3nc(-c4ccccn4)no3)CC2)cc1. The van der Waals surface area contributed by atoms with Gasteiger partial charge in [-0.3, -0.25) is 9.88 Å². The number of nitrogens with zero attached hydrogens (tertiary/aromatic N) is 5. The molecule has 2 N–H and O–H groups in total. The topological polar surface area (TPSA) is 118 Å². The van der Waals surface area contributed by atoms with E-state index in [0.717, 1.165) is 31.9 Å². The molecule has 146 valence electrons. The number of sulfonamides is 1. The first kappa shape index (κ1) is 18.5. The van der Waals surface area contributed by atoms with Crippen LogP contribution in [0.4, 0.5) is 5.69 Å². The van der Waals surface area contributed by atoms with Gasteiger partial charge in [0, 0.05) is 38.1 Å². The number of aromatic nitrogens is 3. The van der Waals surface area contributed by atoms with Gasteiger partial charge in [-0.2, -0.15) is 4.98 Å². The Balaban J connectivity index is 1.34. The highest BCUT2D eigenvalue weighted by molar-refractivity contribution is 7.89. The van der Waals surface area contributed by atoms with E-state index < -0.39 is 10.0 Å². The van der Waals surface area contributed by atoms with Crippen LogP contribution in [0.2, 0.25) is 0 Å². The molecule has 0 amide bonds. The lowest BCUT2D eigenvalue weighted by Crippen LogP contribution is -2.46. The number of benzene rings is 1. The van der Waals surface area contributed by atoms with E-state index in [-0.39, 0.29) is 4.90 Å². The summed E-state index contributed by atoms with van der Waals surface area (Å²) in [4.78, 5) is 13.2. The number of piperazine rings is 1. The second-order valence-corrected chi connectivity index (χ2v) is 8.09.